The number of sulfone groups is 1. The molecule has 0 unspecified atom stereocenters. The fraction of sp³-hybridized carbons (Fsp3) is 0.632. The Balaban J connectivity index is 1.89. The molecule has 30 heavy (non-hydrogen) atoms. The maximum Gasteiger partial charge on any atom is 0.268 e. The molecule has 1 aromatic rings. The summed E-state index contributed by atoms with van der Waals surface area (Å²) in [5.41, 5.74) is 0.198. The van der Waals surface area contributed by atoms with Gasteiger partial charge in [0.2, 0.25) is 10.0 Å². The zero-order valence-corrected chi connectivity index (χ0v) is 19.3. The zero-order valence-electron chi connectivity index (χ0n) is 17.7. The Bertz CT molecular complexity index is 999. The highest BCUT2D eigenvalue weighted by atomic mass is 32.2. The van der Waals surface area contributed by atoms with E-state index in [0.29, 0.717) is 6.42 Å². The fourth-order valence-corrected chi connectivity index (χ4v) is 7.37. The molecule has 0 saturated carbocycles. The summed E-state index contributed by atoms with van der Waals surface area (Å²) in [4.78, 5) is 13.2. The van der Waals surface area contributed by atoms with E-state index in [-0.39, 0.29) is 47.3 Å². The quantitative estimate of drug-likeness (QED) is 0.594. The fourth-order valence-electron chi connectivity index (χ4n) is 4.04. The van der Waals surface area contributed by atoms with Crippen LogP contribution in [0.5, 0.6) is 0 Å². The van der Waals surface area contributed by atoms with Crippen LogP contribution in [-0.2, 0) is 24.6 Å². The highest BCUT2D eigenvalue weighted by molar-refractivity contribution is 7.91. The van der Waals surface area contributed by atoms with Gasteiger partial charge in [0.1, 0.15) is 0 Å². The molecule has 3 rings (SSSR count). The van der Waals surface area contributed by atoms with Crippen molar-refractivity contribution in [3.63, 3.8) is 0 Å². The SMILES string of the molecule is C[C@@H]1CN(S(=O)(=O)c2cccc(C(=O)N([C@@H]3CCS(=O)(=O)C3)N(C)C)c2)C[C@H](C)O1. The molecule has 11 heteroatoms. The predicted molar refractivity (Wildman–Crippen MR) is 112 cm³/mol. The Morgan fingerprint density at radius 3 is 2.33 bits per heavy atom. The summed E-state index contributed by atoms with van der Waals surface area (Å²) in [6, 6.07) is 5.44. The van der Waals surface area contributed by atoms with Crippen molar-refractivity contribution in [2.45, 2.75) is 43.4 Å². The lowest BCUT2D eigenvalue weighted by Crippen LogP contribution is -2.49. The van der Waals surface area contributed by atoms with Crippen LogP contribution in [0, 0.1) is 0 Å². The average Bonchev–Trinajstić information content (AvgIpc) is 3.00. The second-order valence-electron chi connectivity index (χ2n) is 8.16. The first-order valence-corrected chi connectivity index (χ1v) is 13.1. The topological polar surface area (TPSA) is 104 Å². The third-order valence-corrected chi connectivity index (χ3v) is 8.88. The Labute approximate surface area is 178 Å². The summed E-state index contributed by atoms with van der Waals surface area (Å²) < 4.78 is 57.1. The van der Waals surface area contributed by atoms with Crippen molar-refractivity contribution < 1.29 is 26.4 Å². The number of amides is 1. The largest absolute Gasteiger partial charge is 0.373 e. The van der Waals surface area contributed by atoms with Gasteiger partial charge in [-0.25, -0.2) is 21.8 Å². The van der Waals surface area contributed by atoms with Crippen molar-refractivity contribution in [3.05, 3.63) is 29.8 Å². The van der Waals surface area contributed by atoms with E-state index < -0.39 is 31.8 Å². The van der Waals surface area contributed by atoms with Gasteiger partial charge >= 0.3 is 0 Å². The minimum absolute atomic E-state index is 0.0346. The van der Waals surface area contributed by atoms with E-state index in [2.05, 4.69) is 0 Å². The monoisotopic (exact) mass is 459 g/mol. The molecule has 1 amide bonds. The van der Waals surface area contributed by atoms with Crippen molar-refractivity contribution in [3.8, 4) is 0 Å². The maximum atomic E-state index is 13.2. The van der Waals surface area contributed by atoms with Crippen molar-refractivity contribution >= 4 is 25.8 Å². The van der Waals surface area contributed by atoms with Crippen LogP contribution in [0.2, 0.25) is 0 Å². The molecule has 0 spiro atoms. The van der Waals surface area contributed by atoms with Crippen molar-refractivity contribution in [2.24, 2.45) is 0 Å². The first kappa shape index (κ1) is 23.1. The summed E-state index contributed by atoms with van der Waals surface area (Å²) >= 11 is 0. The number of hydrogen-bond donors (Lipinski definition) is 0. The molecule has 3 atom stereocenters. The van der Waals surface area contributed by atoms with Gasteiger partial charge < -0.3 is 4.74 Å². The van der Waals surface area contributed by atoms with Gasteiger partial charge in [0.15, 0.2) is 9.84 Å². The predicted octanol–water partition coefficient (Wildman–Crippen LogP) is 0.590. The smallest absolute Gasteiger partial charge is 0.268 e. The molecule has 1 aromatic carbocycles. The Kier molecular flexibility index (Phi) is 6.59. The second kappa shape index (κ2) is 8.54. The van der Waals surface area contributed by atoms with Gasteiger partial charge in [0.05, 0.1) is 34.7 Å². The van der Waals surface area contributed by atoms with E-state index in [0.717, 1.165) is 0 Å². The number of carbonyl (C=O) groups excluding carboxylic acids is 1. The molecular formula is C19H29N3O6S2. The molecule has 2 heterocycles. The second-order valence-corrected chi connectivity index (χ2v) is 12.3. The van der Waals surface area contributed by atoms with Gasteiger partial charge in [0.25, 0.3) is 5.91 Å². The molecule has 9 nitrogen and oxygen atoms in total. The van der Waals surface area contributed by atoms with Crippen LogP contribution in [0.15, 0.2) is 29.2 Å². The Morgan fingerprint density at radius 1 is 1.17 bits per heavy atom. The van der Waals surface area contributed by atoms with E-state index in [4.69, 9.17) is 4.74 Å². The summed E-state index contributed by atoms with van der Waals surface area (Å²) in [7, 11) is -3.64. The first-order valence-electron chi connectivity index (χ1n) is 9.87. The van der Waals surface area contributed by atoms with Crippen molar-refractivity contribution in [1.82, 2.24) is 14.3 Å². The van der Waals surface area contributed by atoms with E-state index in [1.807, 2.05) is 13.8 Å². The highest BCUT2D eigenvalue weighted by Gasteiger charge is 2.37. The number of hydrogen-bond acceptors (Lipinski definition) is 7. The normalized spacial score (nSPS) is 27.3. The molecule has 0 bridgehead atoms. The van der Waals surface area contributed by atoms with E-state index in [1.54, 1.807) is 25.2 Å². The van der Waals surface area contributed by atoms with Crippen LogP contribution in [0.25, 0.3) is 0 Å². The molecule has 168 valence electrons. The number of carbonyl (C=O) groups is 1. The maximum absolute atomic E-state index is 13.2. The molecule has 2 aliphatic heterocycles. The van der Waals surface area contributed by atoms with Crippen LogP contribution in [0.3, 0.4) is 0 Å². The standard InChI is InChI=1S/C19H29N3O6S2/c1-14-11-21(12-15(2)28-14)30(26,27)18-7-5-6-16(10-18)19(23)22(20(3)4)17-8-9-29(24,25)13-17/h5-7,10,14-15,17H,8-9,11-13H2,1-4H3/t14-,15+,17-/m1/s1. The number of sulfonamides is 1. The Hall–Kier alpha value is -1.53. The lowest BCUT2D eigenvalue weighted by atomic mass is 10.1. The molecule has 2 aliphatic rings. The van der Waals surface area contributed by atoms with Crippen molar-refractivity contribution in [1.29, 1.82) is 0 Å². The molecular weight excluding hydrogens is 430 g/mol. The third-order valence-electron chi connectivity index (χ3n) is 5.30. The van der Waals surface area contributed by atoms with E-state index >= 15 is 0 Å². The minimum Gasteiger partial charge on any atom is -0.373 e. The number of morpholine rings is 1. The number of nitrogens with zero attached hydrogens (tertiary/aromatic N) is 3. The lowest BCUT2D eigenvalue weighted by Gasteiger charge is -2.35. The molecule has 0 aromatic heterocycles. The summed E-state index contributed by atoms with van der Waals surface area (Å²) in [6.45, 7) is 4.13. The number of ether oxygens (including phenoxy) is 1. The minimum atomic E-state index is -3.79. The molecule has 0 N–H and O–H groups in total. The first-order chi connectivity index (χ1) is 13.9. The van der Waals surface area contributed by atoms with Gasteiger partial charge in [-0.3, -0.25) is 9.80 Å². The van der Waals surface area contributed by atoms with Gasteiger partial charge in [-0.2, -0.15) is 4.31 Å². The van der Waals surface area contributed by atoms with E-state index in [9.17, 15) is 21.6 Å². The van der Waals surface area contributed by atoms with Crippen LogP contribution < -0.4 is 0 Å². The molecule has 2 fully saturated rings. The number of benzene rings is 1. The lowest BCUT2D eigenvalue weighted by molar-refractivity contribution is -0.0440. The van der Waals surface area contributed by atoms with Crippen LogP contribution in [0.1, 0.15) is 30.6 Å². The van der Waals surface area contributed by atoms with E-state index in [1.165, 1.54) is 27.5 Å². The van der Waals surface area contributed by atoms with Gasteiger partial charge in [-0.1, -0.05) is 6.07 Å². The zero-order chi connectivity index (χ0) is 22.3. The van der Waals surface area contributed by atoms with Crippen LogP contribution in [0.4, 0.5) is 0 Å². The van der Waals surface area contributed by atoms with Gasteiger partial charge in [0, 0.05) is 32.7 Å². The van der Waals surface area contributed by atoms with Gasteiger partial charge in [-0.05, 0) is 38.5 Å². The Morgan fingerprint density at radius 2 is 1.80 bits per heavy atom. The van der Waals surface area contributed by atoms with Crippen LogP contribution in [-0.4, -0.2) is 94.0 Å². The highest BCUT2D eigenvalue weighted by Crippen LogP contribution is 2.24. The third kappa shape index (κ3) is 4.86. The number of rotatable bonds is 5. The van der Waals surface area contributed by atoms with Crippen LogP contribution >= 0.6 is 0 Å². The molecule has 2 saturated heterocycles. The van der Waals surface area contributed by atoms with Crippen molar-refractivity contribution in [2.75, 3.05) is 38.7 Å². The summed E-state index contributed by atoms with van der Waals surface area (Å²) in [6.07, 6.45) is -0.0860. The van der Waals surface area contributed by atoms with Gasteiger partial charge in [-0.15, -0.1) is 0 Å². The summed E-state index contributed by atoms with van der Waals surface area (Å²) in [5.74, 6) is -0.488. The molecule has 0 radical (unpaired) electrons. The summed E-state index contributed by atoms with van der Waals surface area (Å²) in [5, 5.41) is 2.95. The average molecular weight is 460 g/mol. The molecule has 0 aliphatic carbocycles. The number of hydrazine groups is 1.